The van der Waals surface area contributed by atoms with Crippen LogP contribution in [0.3, 0.4) is 0 Å². The highest BCUT2D eigenvalue weighted by molar-refractivity contribution is 5.80. The Labute approximate surface area is 112 Å². The van der Waals surface area contributed by atoms with Crippen LogP contribution in [0.2, 0.25) is 0 Å². The van der Waals surface area contributed by atoms with Gasteiger partial charge >= 0.3 is 11.9 Å². The number of fused-ring (bicyclic) bond motifs is 1. The molecule has 2 rings (SSSR count). The van der Waals surface area contributed by atoms with Gasteiger partial charge in [-0.1, -0.05) is 12.8 Å². The predicted molar refractivity (Wildman–Crippen MR) is 67.5 cm³/mol. The number of carbonyl (C=O) groups is 2. The summed E-state index contributed by atoms with van der Waals surface area (Å²) >= 11 is 0. The number of rotatable bonds is 4. The fraction of sp³-hybridized carbons (Fsp3) is 0.857. The van der Waals surface area contributed by atoms with Crippen molar-refractivity contribution in [2.24, 2.45) is 11.3 Å². The van der Waals surface area contributed by atoms with Gasteiger partial charge in [0, 0.05) is 0 Å². The van der Waals surface area contributed by atoms with Gasteiger partial charge in [0.15, 0.2) is 0 Å². The van der Waals surface area contributed by atoms with E-state index in [2.05, 4.69) is 0 Å². The number of esters is 1. The number of carboxylic acid groups (broad SMARTS) is 1. The second-order valence-electron chi connectivity index (χ2n) is 5.77. The van der Waals surface area contributed by atoms with E-state index < -0.39 is 17.0 Å². The van der Waals surface area contributed by atoms with E-state index in [9.17, 15) is 14.7 Å². The molecule has 0 aromatic heterocycles. The fourth-order valence-corrected chi connectivity index (χ4v) is 4.00. The number of aliphatic carboxylic acids is 1. The molecule has 19 heavy (non-hydrogen) atoms. The standard InChI is InChI=1S/C14H22O5/c1-2-19-12(17)13-6-3-4-7-14(13,18)10(5-8-13)9-11(15)16/h10,18H,2-9H2,1H3,(H,15,16)/t10-,13-,14-/m0/s1. The Bertz CT molecular complexity index is 380. The summed E-state index contributed by atoms with van der Waals surface area (Å²) in [5, 5.41) is 20.0. The first-order valence-corrected chi connectivity index (χ1v) is 7.07. The summed E-state index contributed by atoms with van der Waals surface area (Å²) < 4.78 is 5.16. The van der Waals surface area contributed by atoms with Crippen molar-refractivity contribution in [1.82, 2.24) is 0 Å². The van der Waals surface area contributed by atoms with E-state index in [1.807, 2.05) is 0 Å². The van der Waals surface area contributed by atoms with Gasteiger partial charge in [0.2, 0.25) is 0 Å². The van der Waals surface area contributed by atoms with Gasteiger partial charge in [0.05, 0.1) is 24.0 Å². The van der Waals surface area contributed by atoms with Gasteiger partial charge in [-0.3, -0.25) is 9.59 Å². The molecule has 0 heterocycles. The fourth-order valence-electron chi connectivity index (χ4n) is 4.00. The van der Waals surface area contributed by atoms with Gasteiger partial charge in [-0.05, 0) is 38.5 Å². The summed E-state index contributed by atoms with van der Waals surface area (Å²) in [6, 6.07) is 0. The summed E-state index contributed by atoms with van der Waals surface area (Å²) in [6.45, 7) is 2.04. The van der Waals surface area contributed by atoms with E-state index in [-0.39, 0.29) is 18.3 Å². The molecule has 2 aliphatic carbocycles. The molecule has 2 saturated carbocycles. The van der Waals surface area contributed by atoms with E-state index in [0.29, 0.717) is 32.3 Å². The molecule has 0 spiro atoms. The maximum absolute atomic E-state index is 12.3. The Morgan fingerprint density at radius 1 is 1.26 bits per heavy atom. The van der Waals surface area contributed by atoms with E-state index in [0.717, 1.165) is 12.8 Å². The van der Waals surface area contributed by atoms with Crippen molar-refractivity contribution in [2.75, 3.05) is 6.61 Å². The Kier molecular flexibility index (Phi) is 3.85. The SMILES string of the molecule is CCOC(=O)[C@@]12CCCC[C@]1(O)[C@H](CC(=O)O)CC2. The Morgan fingerprint density at radius 3 is 2.58 bits per heavy atom. The molecule has 0 amide bonds. The molecule has 2 N–H and O–H groups in total. The van der Waals surface area contributed by atoms with Crippen molar-refractivity contribution in [2.45, 2.75) is 57.5 Å². The van der Waals surface area contributed by atoms with E-state index in [1.54, 1.807) is 6.92 Å². The van der Waals surface area contributed by atoms with Crippen LogP contribution in [-0.4, -0.2) is 34.4 Å². The number of hydrogen-bond acceptors (Lipinski definition) is 4. The zero-order chi connectivity index (χ0) is 14.1. The Balaban J connectivity index is 2.30. The number of aliphatic hydroxyl groups is 1. The van der Waals surface area contributed by atoms with Crippen molar-refractivity contribution >= 4 is 11.9 Å². The molecule has 5 nitrogen and oxygen atoms in total. The van der Waals surface area contributed by atoms with E-state index in [1.165, 1.54) is 0 Å². The average Bonchev–Trinajstić information content (AvgIpc) is 2.64. The number of carboxylic acids is 1. The van der Waals surface area contributed by atoms with Crippen molar-refractivity contribution in [1.29, 1.82) is 0 Å². The number of carbonyl (C=O) groups excluding carboxylic acids is 1. The van der Waals surface area contributed by atoms with Crippen LogP contribution in [0.5, 0.6) is 0 Å². The largest absolute Gasteiger partial charge is 0.481 e. The van der Waals surface area contributed by atoms with Crippen LogP contribution >= 0.6 is 0 Å². The van der Waals surface area contributed by atoms with Gasteiger partial charge < -0.3 is 14.9 Å². The van der Waals surface area contributed by atoms with Crippen molar-refractivity contribution in [3.8, 4) is 0 Å². The van der Waals surface area contributed by atoms with Gasteiger partial charge in [-0.2, -0.15) is 0 Å². The normalized spacial score (nSPS) is 37.7. The average molecular weight is 270 g/mol. The van der Waals surface area contributed by atoms with Crippen LogP contribution in [0, 0.1) is 11.3 Å². The predicted octanol–water partition coefficient (Wildman–Crippen LogP) is 1.73. The third kappa shape index (κ3) is 2.14. The lowest BCUT2D eigenvalue weighted by Gasteiger charge is -2.46. The van der Waals surface area contributed by atoms with Gasteiger partial charge in [0.25, 0.3) is 0 Å². The highest BCUT2D eigenvalue weighted by Crippen LogP contribution is 2.59. The molecule has 3 atom stereocenters. The number of hydrogen-bond donors (Lipinski definition) is 2. The second kappa shape index (κ2) is 5.12. The maximum atomic E-state index is 12.3. The van der Waals surface area contributed by atoms with Crippen LogP contribution in [-0.2, 0) is 14.3 Å². The molecule has 0 bridgehead atoms. The van der Waals surface area contributed by atoms with Gasteiger partial charge in [-0.25, -0.2) is 0 Å². The summed E-state index contributed by atoms with van der Waals surface area (Å²) in [6.07, 6.45) is 3.90. The summed E-state index contributed by atoms with van der Waals surface area (Å²) in [4.78, 5) is 23.3. The molecule has 2 fully saturated rings. The minimum Gasteiger partial charge on any atom is -0.481 e. The van der Waals surface area contributed by atoms with Crippen LogP contribution in [0.25, 0.3) is 0 Å². The van der Waals surface area contributed by atoms with Gasteiger partial charge in [-0.15, -0.1) is 0 Å². The molecule has 0 aliphatic heterocycles. The van der Waals surface area contributed by atoms with E-state index >= 15 is 0 Å². The van der Waals surface area contributed by atoms with Gasteiger partial charge in [0.1, 0.15) is 0 Å². The lowest BCUT2D eigenvalue weighted by Crippen LogP contribution is -2.55. The molecular weight excluding hydrogens is 248 g/mol. The minimum absolute atomic E-state index is 0.0718. The maximum Gasteiger partial charge on any atom is 0.315 e. The summed E-state index contributed by atoms with van der Waals surface area (Å²) in [5.41, 5.74) is -2.07. The first kappa shape index (κ1) is 14.3. The van der Waals surface area contributed by atoms with E-state index in [4.69, 9.17) is 9.84 Å². The first-order chi connectivity index (χ1) is 8.96. The Hall–Kier alpha value is -1.10. The van der Waals surface area contributed by atoms with Crippen molar-refractivity contribution < 1.29 is 24.5 Å². The molecule has 5 heteroatoms. The molecule has 0 aromatic carbocycles. The summed E-state index contributed by atoms with van der Waals surface area (Å²) in [7, 11) is 0. The zero-order valence-electron chi connectivity index (χ0n) is 11.4. The lowest BCUT2D eigenvalue weighted by atomic mass is 9.62. The highest BCUT2D eigenvalue weighted by Gasteiger charge is 2.64. The minimum atomic E-state index is -1.20. The lowest BCUT2D eigenvalue weighted by molar-refractivity contribution is -0.184. The highest BCUT2D eigenvalue weighted by atomic mass is 16.5. The molecule has 0 unspecified atom stereocenters. The molecule has 2 aliphatic rings. The topological polar surface area (TPSA) is 83.8 Å². The van der Waals surface area contributed by atoms with Crippen molar-refractivity contribution in [3.63, 3.8) is 0 Å². The molecule has 108 valence electrons. The molecule has 0 saturated heterocycles. The molecule has 0 radical (unpaired) electrons. The third-order valence-corrected chi connectivity index (χ3v) is 4.92. The first-order valence-electron chi connectivity index (χ1n) is 7.07. The monoisotopic (exact) mass is 270 g/mol. The van der Waals surface area contributed by atoms with Crippen LogP contribution in [0.15, 0.2) is 0 Å². The van der Waals surface area contributed by atoms with Crippen LogP contribution < -0.4 is 0 Å². The summed E-state index contributed by atoms with van der Waals surface area (Å²) in [5.74, 6) is -1.59. The van der Waals surface area contributed by atoms with Crippen LogP contribution in [0.1, 0.15) is 51.9 Å². The number of ether oxygens (including phenoxy) is 1. The Morgan fingerprint density at radius 2 is 1.95 bits per heavy atom. The molecular formula is C14H22O5. The second-order valence-corrected chi connectivity index (χ2v) is 5.77. The quantitative estimate of drug-likeness (QED) is 0.760. The third-order valence-electron chi connectivity index (χ3n) is 4.92. The smallest absolute Gasteiger partial charge is 0.315 e. The van der Waals surface area contributed by atoms with Crippen LogP contribution in [0.4, 0.5) is 0 Å². The zero-order valence-corrected chi connectivity index (χ0v) is 11.4. The van der Waals surface area contributed by atoms with Crippen molar-refractivity contribution in [3.05, 3.63) is 0 Å². The molecule has 0 aromatic rings.